The number of rotatable bonds is 4. The van der Waals surface area contributed by atoms with Crippen LogP contribution in [0.15, 0.2) is 36.4 Å². The normalized spacial score (nSPS) is 13.2. The van der Waals surface area contributed by atoms with Crippen LogP contribution in [0.25, 0.3) is 0 Å². The van der Waals surface area contributed by atoms with Crippen molar-refractivity contribution >= 4 is 11.9 Å². The molecule has 2 atom stereocenters. The lowest BCUT2D eigenvalue weighted by Crippen LogP contribution is -2.18. The van der Waals surface area contributed by atoms with Crippen LogP contribution in [0.1, 0.15) is 68.9 Å². The van der Waals surface area contributed by atoms with Gasteiger partial charge in [-0.15, -0.1) is 0 Å². The third-order valence-electron chi connectivity index (χ3n) is 4.36. The third kappa shape index (κ3) is 3.95. The zero-order valence-corrected chi connectivity index (χ0v) is 15.0. The van der Waals surface area contributed by atoms with Gasteiger partial charge in [-0.2, -0.15) is 0 Å². The minimum atomic E-state index is -0.685. The Labute approximate surface area is 148 Å². The fourth-order valence-electron chi connectivity index (χ4n) is 2.93. The van der Waals surface area contributed by atoms with Gasteiger partial charge in [-0.3, -0.25) is 0 Å². The van der Waals surface area contributed by atoms with E-state index in [1.165, 1.54) is 0 Å². The van der Waals surface area contributed by atoms with E-state index in [0.29, 0.717) is 11.1 Å². The average Bonchev–Trinajstić information content (AvgIpc) is 2.54. The monoisotopic (exact) mass is 340 g/mol. The molecule has 2 aromatic carbocycles. The van der Waals surface area contributed by atoms with E-state index in [-0.39, 0.29) is 12.1 Å². The highest BCUT2D eigenvalue weighted by Crippen LogP contribution is 2.22. The predicted octanol–water partition coefficient (Wildman–Crippen LogP) is 3.34. The molecule has 0 aromatic heterocycles. The summed E-state index contributed by atoms with van der Waals surface area (Å²) in [5, 5.41) is 0. The number of ether oxygens (including phenoxy) is 1. The van der Waals surface area contributed by atoms with Crippen molar-refractivity contribution in [2.45, 2.75) is 39.8 Å². The first-order valence-corrected chi connectivity index (χ1v) is 8.20. The maximum atomic E-state index is 12.4. The molecule has 0 bridgehead atoms. The molecule has 0 spiro atoms. The first kappa shape index (κ1) is 18.8. The minimum absolute atomic E-state index is 0.214. The smallest absolute Gasteiger partial charge is 0.346 e. The summed E-state index contributed by atoms with van der Waals surface area (Å²) in [6.07, 6.45) is 0. The lowest BCUT2D eigenvalue weighted by Gasteiger charge is -2.14. The van der Waals surface area contributed by atoms with Crippen molar-refractivity contribution in [1.29, 1.82) is 0 Å². The van der Waals surface area contributed by atoms with E-state index in [4.69, 9.17) is 16.2 Å². The highest BCUT2D eigenvalue weighted by Gasteiger charge is 2.21. The van der Waals surface area contributed by atoms with Crippen LogP contribution < -0.4 is 11.5 Å². The fraction of sp³-hybridized carbons (Fsp3) is 0.300. The molecule has 5 nitrogen and oxygen atoms in total. The van der Waals surface area contributed by atoms with Crippen LogP contribution in [-0.2, 0) is 4.74 Å². The molecule has 0 radical (unpaired) electrons. The summed E-state index contributed by atoms with van der Waals surface area (Å²) in [5.41, 5.74) is 15.6. The SMILES string of the molecule is Cc1c(C(=O)OC(=O)c2cccc(C(C)N)c2C)cccc1C(C)N. The van der Waals surface area contributed by atoms with Crippen molar-refractivity contribution in [2.75, 3.05) is 0 Å². The second-order valence-electron chi connectivity index (χ2n) is 6.29. The molecule has 0 saturated carbocycles. The van der Waals surface area contributed by atoms with Crippen LogP contribution in [0.4, 0.5) is 0 Å². The highest BCUT2D eigenvalue weighted by molar-refractivity contribution is 6.04. The van der Waals surface area contributed by atoms with Gasteiger partial charge >= 0.3 is 11.9 Å². The van der Waals surface area contributed by atoms with Crippen molar-refractivity contribution in [2.24, 2.45) is 11.5 Å². The zero-order chi connectivity index (χ0) is 18.7. The predicted molar refractivity (Wildman–Crippen MR) is 97.3 cm³/mol. The van der Waals surface area contributed by atoms with Gasteiger partial charge in [0.15, 0.2) is 0 Å². The Balaban J connectivity index is 2.29. The van der Waals surface area contributed by atoms with Gasteiger partial charge in [0.25, 0.3) is 0 Å². The van der Waals surface area contributed by atoms with Crippen LogP contribution in [0.5, 0.6) is 0 Å². The van der Waals surface area contributed by atoms with E-state index in [1.54, 1.807) is 38.1 Å². The first-order chi connectivity index (χ1) is 11.7. The number of esters is 2. The van der Waals surface area contributed by atoms with Crippen LogP contribution in [0, 0.1) is 13.8 Å². The summed E-state index contributed by atoms with van der Waals surface area (Å²) in [4.78, 5) is 24.9. The minimum Gasteiger partial charge on any atom is -0.386 e. The van der Waals surface area contributed by atoms with Gasteiger partial charge in [-0.1, -0.05) is 24.3 Å². The number of carbonyl (C=O) groups excluding carboxylic acids is 2. The molecule has 0 aliphatic heterocycles. The van der Waals surface area contributed by atoms with Crippen molar-refractivity contribution in [3.05, 3.63) is 69.8 Å². The molecule has 2 aromatic rings. The van der Waals surface area contributed by atoms with Crippen molar-refractivity contribution in [3.8, 4) is 0 Å². The van der Waals surface area contributed by atoms with E-state index in [0.717, 1.165) is 22.3 Å². The second kappa shape index (κ2) is 7.59. The molecule has 0 amide bonds. The molecule has 0 aliphatic carbocycles. The molecular formula is C20H24N2O3. The summed E-state index contributed by atoms with van der Waals surface area (Å²) in [6, 6.07) is 10.00. The maximum Gasteiger partial charge on any atom is 0.346 e. The topological polar surface area (TPSA) is 95.4 Å². The van der Waals surface area contributed by atoms with Crippen molar-refractivity contribution in [1.82, 2.24) is 0 Å². The lowest BCUT2D eigenvalue weighted by molar-refractivity contribution is 0.0396. The summed E-state index contributed by atoms with van der Waals surface area (Å²) < 4.78 is 5.09. The van der Waals surface area contributed by atoms with Crippen LogP contribution >= 0.6 is 0 Å². The summed E-state index contributed by atoms with van der Waals surface area (Å²) >= 11 is 0. The molecule has 0 heterocycles. The highest BCUT2D eigenvalue weighted by atomic mass is 16.6. The molecule has 25 heavy (non-hydrogen) atoms. The van der Waals surface area contributed by atoms with Crippen LogP contribution in [-0.4, -0.2) is 11.9 Å². The summed E-state index contributed by atoms with van der Waals surface area (Å²) in [5.74, 6) is -1.37. The van der Waals surface area contributed by atoms with Gasteiger partial charge in [0.05, 0.1) is 11.1 Å². The van der Waals surface area contributed by atoms with Gasteiger partial charge in [0, 0.05) is 12.1 Å². The summed E-state index contributed by atoms with van der Waals surface area (Å²) in [6.45, 7) is 7.26. The Kier molecular flexibility index (Phi) is 5.72. The lowest BCUT2D eigenvalue weighted by atomic mass is 9.97. The molecule has 132 valence electrons. The van der Waals surface area contributed by atoms with Gasteiger partial charge in [0.1, 0.15) is 0 Å². The molecule has 4 N–H and O–H groups in total. The largest absolute Gasteiger partial charge is 0.386 e. The quantitative estimate of drug-likeness (QED) is 0.657. The molecule has 2 unspecified atom stereocenters. The van der Waals surface area contributed by atoms with Gasteiger partial charge in [-0.05, 0) is 62.1 Å². The van der Waals surface area contributed by atoms with Crippen LogP contribution in [0.2, 0.25) is 0 Å². The van der Waals surface area contributed by atoms with Crippen molar-refractivity contribution in [3.63, 3.8) is 0 Å². The van der Waals surface area contributed by atoms with Gasteiger partial charge < -0.3 is 16.2 Å². The molecular weight excluding hydrogens is 316 g/mol. The number of hydrogen-bond donors (Lipinski definition) is 2. The molecule has 0 aliphatic rings. The molecule has 0 saturated heterocycles. The number of hydrogen-bond acceptors (Lipinski definition) is 5. The standard InChI is InChI=1S/C20H24N2O3/c1-11-15(13(3)21)7-5-9-17(11)19(23)25-20(24)18-10-6-8-16(12(18)2)14(4)22/h5-10,13-14H,21-22H2,1-4H3. The number of carbonyl (C=O) groups is 2. The number of nitrogens with two attached hydrogens (primary N) is 2. The molecule has 5 heteroatoms. The summed E-state index contributed by atoms with van der Waals surface area (Å²) in [7, 11) is 0. The molecule has 2 rings (SSSR count). The molecule has 0 fully saturated rings. The Bertz CT molecular complexity index is 743. The average molecular weight is 340 g/mol. The van der Waals surface area contributed by atoms with Gasteiger partial charge in [-0.25, -0.2) is 9.59 Å². The first-order valence-electron chi connectivity index (χ1n) is 8.20. The maximum absolute atomic E-state index is 12.4. The van der Waals surface area contributed by atoms with E-state index in [9.17, 15) is 9.59 Å². The Morgan fingerprint density at radius 3 is 1.48 bits per heavy atom. The zero-order valence-electron chi connectivity index (χ0n) is 15.0. The van der Waals surface area contributed by atoms with E-state index >= 15 is 0 Å². The van der Waals surface area contributed by atoms with Crippen LogP contribution in [0.3, 0.4) is 0 Å². The number of benzene rings is 2. The Hall–Kier alpha value is -2.50. The fourth-order valence-corrected chi connectivity index (χ4v) is 2.93. The third-order valence-corrected chi connectivity index (χ3v) is 4.36. The second-order valence-corrected chi connectivity index (χ2v) is 6.29. The van der Waals surface area contributed by atoms with Crippen molar-refractivity contribution < 1.29 is 14.3 Å². The van der Waals surface area contributed by atoms with Gasteiger partial charge in [0.2, 0.25) is 0 Å². The Morgan fingerprint density at radius 1 is 0.800 bits per heavy atom. The van der Waals surface area contributed by atoms with E-state index in [2.05, 4.69) is 0 Å². The Morgan fingerprint density at radius 2 is 1.16 bits per heavy atom. The van der Waals surface area contributed by atoms with E-state index < -0.39 is 11.9 Å². The van der Waals surface area contributed by atoms with E-state index in [1.807, 2.05) is 26.0 Å².